The first-order valence-electron chi connectivity index (χ1n) is 10.7. The summed E-state index contributed by atoms with van der Waals surface area (Å²) >= 11 is 0. The molecule has 0 unspecified atom stereocenters. The fourth-order valence-corrected chi connectivity index (χ4v) is 4.75. The van der Waals surface area contributed by atoms with Crippen LogP contribution < -0.4 is 19.1 Å². The molecule has 9 nitrogen and oxygen atoms in total. The van der Waals surface area contributed by atoms with Gasteiger partial charge in [-0.1, -0.05) is 23.4 Å². The lowest BCUT2D eigenvalue weighted by atomic mass is 10.1. The molecule has 10 heteroatoms. The molecule has 0 atom stereocenters. The molecule has 1 aromatic heterocycles. The molecule has 1 aliphatic rings. The number of carbonyl (C=O) groups excluding carboxylic acids is 1. The molecule has 0 bridgehead atoms. The standard InChI is InChI=1S/C25H21N3O6S/c1-28(19-5-3-2-4-6-19)35(30,31)20-10-8-18(9-11-20)26-25(29)21-16-23(34-27-21)17-7-12-22-24(15-17)33-14-13-32-22/h2-12,15-16H,13-14H2,1H3,(H,26,29). The van der Waals surface area contributed by atoms with Crippen LogP contribution in [0.4, 0.5) is 11.4 Å². The van der Waals surface area contributed by atoms with Gasteiger partial charge < -0.3 is 19.3 Å². The van der Waals surface area contributed by atoms with Crippen molar-refractivity contribution < 1.29 is 27.2 Å². The third-order valence-corrected chi connectivity index (χ3v) is 7.26. The van der Waals surface area contributed by atoms with Crippen molar-refractivity contribution in [3.63, 3.8) is 0 Å². The summed E-state index contributed by atoms with van der Waals surface area (Å²) in [6, 6.07) is 21.5. The van der Waals surface area contributed by atoms with Gasteiger partial charge in [0.15, 0.2) is 23.0 Å². The van der Waals surface area contributed by atoms with Crippen LogP contribution in [0.5, 0.6) is 11.5 Å². The van der Waals surface area contributed by atoms with E-state index in [1.807, 2.05) is 6.07 Å². The quantitative estimate of drug-likeness (QED) is 0.431. The van der Waals surface area contributed by atoms with Crippen molar-refractivity contribution >= 4 is 27.3 Å². The van der Waals surface area contributed by atoms with Crippen molar-refractivity contribution in [2.75, 3.05) is 29.9 Å². The zero-order chi connectivity index (χ0) is 24.4. The minimum Gasteiger partial charge on any atom is -0.486 e. The lowest BCUT2D eigenvalue weighted by Gasteiger charge is -2.19. The Morgan fingerprint density at radius 3 is 2.37 bits per heavy atom. The van der Waals surface area contributed by atoms with Gasteiger partial charge in [0.05, 0.1) is 10.6 Å². The number of fused-ring (bicyclic) bond motifs is 1. The van der Waals surface area contributed by atoms with E-state index in [2.05, 4.69) is 10.5 Å². The first-order valence-corrected chi connectivity index (χ1v) is 12.2. The number of ether oxygens (including phenoxy) is 2. The Balaban J connectivity index is 1.28. The molecular formula is C25H21N3O6S. The topological polar surface area (TPSA) is 111 Å². The van der Waals surface area contributed by atoms with Gasteiger partial charge in [-0.2, -0.15) is 0 Å². The number of hydrogen-bond donors (Lipinski definition) is 1. The maximum atomic E-state index is 12.9. The van der Waals surface area contributed by atoms with E-state index in [9.17, 15) is 13.2 Å². The molecule has 1 aliphatic heterocycles. The van der Waals surface area contributed by atoms with Crippen molar-refractivity contribution in [3.8, 4) is 22.8 Å². The van der Waals surface area contributed by atoms with E-state index in [4.69, 9.17) is 14.0 Å². The lowest BCUT2D eigenvalue weighted by molar-refractivity contribution is 0.101. The van der Waals surface area contributed by atoms with E-state index in [1.54, 1.807) is 42.5 Å². The van der Waals surface area contributed by atoms with E-state index in [0.29, 0.717) is 47.4 Å². The summed E-state index contributed by atoms with van der Waals surface area (Å²) in [5, 5.41) is 6.55. The molecule has 5 rings (SSSR count). The van der Waals surface area contributed by atoms with Gasteiger partial charge in [-0.25, -0.2) is 8.42 Å². The summed E-state index contributed by atoms with van der Waals surface area (Å²) in [6.45, 7) is 0.957. The van der Waals surface area contributed by atoms with Gasteiger partial charge in [-0.05, 0) is 54.6 Å². The fraction of sp³-hybridized carbons (Fsp3) is 0.120. The predicted octanol–water partition coefficient (Wildman–Crippen LogP) is 4.19. The predicted molar refractivity (Wildman–Crippen MR) is 129 cm³/mol. The minimum atomic E-state index is -3.75. The number of nitrogens with one attached hydrogen (secondary N) is 1. The monoisotopic (exact) mass is 491 g/mol. The SMILES string of the molecule is CN(c1ccccc1)S(=O)(=O)c1ccc(NC(=O)c2cc(-c3ccc4c(c3)OCCO4)on2)cc1. The average Bonchev–Trinajstić information content (AvgIpc) is 3.39. The van der Waals surface area contributed by atoms with E-state index < -0.39 is 15.9 Å². The number of sulfonamides is 1. The number of hydrogen-bond acceptors (Lipinski definition) is 7. The van der Waals surface area contributed by atoms with Gasteiger partial charge >= 0.3 is 0 Å². The van der Waals surface area contributed by atoms with Gasteiger partial charge in [0.2, 0.25) is 0 Å². The highest BCUT2D eigenvalue weighted by Gasteiger charge is 2.22. The molecule has 0 saturated heterocycles. The molecule has 0 fully saturated rings. The molecule has 0 spiro atoms. The first kappa shape index (κ1) is 22.5. The van der Waals surface area contributed by atoms with Crippen LogP contribution in [0.15, 0.2) is 88.3 Å². The smallest absolute Gasteiger partial charge is 0.277 e. The number of benzene rings is 3. The number of carbonyl (C=O) groups is 1. The van der Waals surface area contributed by atoms with Crippen LogP contribution in [-0.4, -0.2) is 39.7 Å². The van der Waals surface area contributed by atoms with Crippen molar-refractivity contribution in [1.29, 1.82) is 0 Å². The number of rotatable bonds is 6. The zero-order valence-corrected chi connectivity index (χ0v) is 19.5. The van der Waals surface area contributed by atoms with Crippen LogP contribution in [0.25, 0.3) is 11.3 Å². The number of aromatic nitrogens is 1. The molecule has 3 aromatic carbocycles. The molecule has 2 heterocycles. The van der Waals surface area contributed by atoms with Gasteiger partial charge in [0.25, 0.3) is 15.9 Å². The molecule has 35 heavy (non-hydrogen) atoms. The Morgan fingerprint density at radius 2 is 1.63 bits per heavy atom. The molecule has 0 aliphatic carbocycles. The van der Waals surface area contributed by atoms with Crippen molar-refractivity contribution in [2.24, 2.45) is 0 Å². The summed E-state index contributed by atoms with van der Waals surface area (Å²) in [5.41, 5.74) is 1.73. The maximum Gasteiger partial charge on any atom is 0.277 e. The molecule has 0 radical (unpaired) electrons. The second kappa shape index (κ2) is 9.15. The van der Waals surface area contributed by atoms with Gasteiger partial charge in [-0.15, -0.1) is 0 Å². The summed E-state index contributed by atoms with van der Waals surface area (Å²) < 4.78 is 43.5. The molecule has 4 aromatic rings. The highest BCUT2D eigenvalue weighted by atomic mass is 32.2. The Labute approximate surface area is 201 Å². The van der Waals surface area contributed by atoms with Crippen molar-refractivity contribution in [1.82, 2.24) is 5.16 Å². The summed E-state index contributed by atoms with van der Waals surface area (Å²) in [4.78, 5) is 12.8. The number of amides is 1. The average molecular weight is 492 g/mol. The summed E-state index contributed by atoms with van der Waals surface area (Å²) in [6.07, 6.45) is 0. The van der Waals surface area contributed by atoms with E-state index in [0.717, 1.165) is 0 Å². The fourth-order valence-electron chi connectivity index (χ4n) is 3.56. The van der Waals surface area contributed by atoms with Crippen LogP contribution in [-0.2, 0) is 10.0 Å². The third-order valence-electron chi connectivity index (χ3n) is 5.46. The van der Waals surface area contributed by atoms with Crippen molar-refractivity contribution in [2.45, 2.75) is 4.90 Å². The van der Waals surface area contributed by atoms with Gasteiger partial charge in [0.1, 0.15) is 13.2 Å². The highest BCUT2D eigenvalue weighted by molar-refractivity contribution is 7.92. The lowest BCUT2D eigenvalue weighted by Crippen LogP contribution is -2.26. The van der Waals surface area contributed by atoms with Gasteiger partial charge in [0, 0.05) is 24.4 Å². The highest BCUT2D eigenvalue weighted by Crippen LogP contribution is 2.34. The summed E-state index contributed by atoms with van der Waals surface area (Å²) in [7, 11) is -2.26. The Kier molecular flexibility index (Phi) is 5.87. The normalized spacial score (nSPS) is 12.7. The molecule has 1 N–H and O–H groups in total. The first-order chi connectivity index (χ1) is 16.9. The molecule has 178 valence electrons. The van der Waals surface area contributed by atoms with Crippen LogP contribution in [0.3, 0.4) is 0 Å². The Bertz CT molecular complexity index is 1470. The zero-order valence-electron chi connectivity index (χ0n) is 18.7. The number of anilines is 2. The largest absolute Gasteiger partial charge is 0.486 e. The minimum absolute atomic E-state index is 0.0791. The van der Waals surface area contributed by atoms with E-state index in [-0.39, 0.29) is 10.6 Å². The van der Waals surface area contributed by atoms with Crippen molar-refractivity contribution in [3.05, 3.63) is 84.6 Å². The number of nitrogens with zero attached hydrogens (tertiary/aromatic N) is 2. The van der Waals surface area contributed by atoms with Crippen LogP contribution >= 0.6 is 0 Å². The van der Waals surface area contributed by atoms with Crippen LogP contribution in [0.2, 0.25) is 0 Å². The molecular weight excluding hydrogens is 470 g/mol. The Morgan fingerprint density at radius 1 is 0.914 bits per heavy atom. The van der Waals surface area contributed by atoms with E-state index in [1.165, 1.54) is 41.7 Å². The molecule has 1 amide bonds. The maximum absolute atomic E-state index is 12.9. The molecule has 0 saturated carbocycles. The Hall–Kier alpha value is -4.31. The summed E-state index contributed by atoms with van der Waals surface area (Å²) in [5.74, 6) is 1.16. The van der Waals surface area contributed by atoms with Crippen LogP contribution in [0, 0.1) is 0 Å². The third kappa shape index (κ3) is 4.56. The van der Waals surface area contributed by atoms with E-state index >= 15 is 0 Å². The second-order valence-electron chi connectivity index (χ2n) is 7.72. The van der Waals surface area contributed by atoms with Gasteiger partial charge in [-0.3, -0.25) is 9.10 Å². The number of para-hydroxylation sites is 1. The van der Waals surface area contributed by atoms with Crippen LogP contribution in [0.1, 0.15) is 10.5 Å². The second-order valence-corrected chi connectivity index (χ2v) is 9.69.